The first-order chi connectivity index (χ1) is 36.5. The summed E-state index contributed by atoms with van der Waals surface area (Å²) in [5, 5.41) is 32.8. The Bertz CT molecular complexity index is 1110. The summed E-state index contributed by atoms with van der Waals surface area (Å²) < 4.78 is 18.2. The fourth-order valence-corrected chi connectivity index (χ4v) is 13.3. The van der Waals surface area contributed by atoms with Gasteiger partial charge < -0.3 is 53.7 Å². The van der Waals surface area contributed by atoms with E-state index in [0.717, 1.165) is 77.0 Å². The molecule has 4 atom stereocenters. The van der Waals surface area contributed by atoms with Gasteiger partial charge in [0, 0.05) is 0 Å². The van der Waals surface area contributed by atoms with Crippen molar-refractivity contribution in [3.05, 3.63) is 0 Å². The number of aliphatic hydroxyl groups excluding tert-OH is 3. The van der Waals surface area contributed by atoms with Crippen LogP contribution in [0.1, 0.15) is 348 Å². The summed E-state index contributed by atoms with van der Waals surface area (Å²) in [4.78, 5) is 64.4. The average molecular weight is 1130 g/mol. The van der Waals surface area contributed by atoms with Crippen molar-refractivity contribution < 1.29 is 58.3 Å². The second-order valence-electron chi connectivity index (χ2n) is 22.8. The lowest BCUT2D eigenvalue weighted by Gasteiger charge is -2.54. The SMILES string of the molecule is CCCCCCCCCCCCCCCCCCC(CCCCCCCCCCCCCCCCCC)(OP(O)O)[C@](CCCCCCCCCCCCCCCCCC)(OP(O)O)[C@@H](OP(O)O)[C@H](O)[C@H](O)CO. The van der Waals surface area contributed by atoms with Crippen molar-refractivity contribution in [2.45, 2.75) is 378 Å². The predicted molar refractivity (Wildman–Crippen MR) is 318 cm³/mol. The molecule has 15 heteroatoms. The maximum Gasteiger partial charge on any atom is 0.327 e. The molecule has 0 rings (SSSR count). The second kappa shape index (κ2) is 55.3. The van der Waals surface area contributed by atoms with Crippen LogP contribution in [0.5, 0.6) is 0 Å². The third-order valence-electron chi connectivity index (χ3n) is 16.1. The lowest BCUT2D eigenvalue weighted by molar-refractivity contribution is -0.219. The summed E-state index contributed by atoms with van der Waals surface area (Å²) in [6, 6.07) is 0. The van der Waals surface area contributed by atoms with Gasteiger partial charge in [0.15, 0.2) is 0 Å². The fourth-order valence-electron chi connectivity index (χ4n) is 11.5. The molecule has 0 saturated heterocycles. The van der Waals surface area contributed by atoms with E-state index in [4.69, 9.17) is 13.6 Å². The second-order valence-corrected chi connectivity index (χ2v) is 24.8. The fraction of sp³-hybridized carbons (Fsp3) is 1.00. The molecule has 0 saturated carbocycles. The highest BCUT2D eigenvalue weighted by atomic mass is 31.2. The van der Waals surface area contributed by atoms with Gasteiger partial charge in [-0.05, 0) is 19.3 Å². The minimum absolute atomic E-state index is 0.0463. The minimum Gasteiger partial charge on any atom is -0.394 e. The van der Waals surface area contributed by atoms with E-state index in [-0.39, 0.29) is 19.3 Å². The van der Waals surface area contributed by atoms with Gasteiger partial charge >= 0.3 is 25.8 Å². The van der Waals surface area contributed by atoms with Crippen LogP contribution in [-0.2, 0) is 13.6 Å². The molecule has 0 aromatic carbocycles. The maximum absolute atomic E-state index is 11.8. The van der Waals surface area contributed by atoms with Gasteiger partial charge in [0.1, 0.15) is 29.5 Å². The molecular formula is C60H125O12P3. The zero-order chi connectivity index (χ0) is 55.4. The summed E-state index contributed by atoms with van der Waals surface area (Å²) in [7, 11) is -9.56. The Labute approximate surface area is 466 Å². The summed E-state index contributed by atoms with van der Waals surface area (Å²) in [5.74, 6) is 0. The van der Waals surface area contributed by atoms with Gasteiger partial charge in [0.05, 0.1) is 6.61 Å². The van der Waals surface area contributed by atoms with Crippen molar-refractivity contribution in [2.24, 2.45) is 0 Å². The highest BCUT2D eigenvalue weighted by Gasteiger charge is 2.63. The van der Waals surface area contributed by atoms with Gasteiger partial charge in [-0.25, -0.2) is 0 Å². The Morgan fingerprint density at radius 1 is 0.307 bits per heavy atom. The predicted octanol–water partition coefficient (Wildman–Crippen LogP) is 18.2. The maximum atomic E-state index is 11.8. The molecule has 0 aliphatic carbocycles. The lowest BCUT2D eigenvalue weighted by Crippen LogP contribution is -2.67. The molecule has 0 aliphatic heterocycles. The molecule has 0 heterocycles. The van der Waals surface area contributed by atoms with E-state index < -0.39 is 61.9 Å². The molecule has 0 bridgehead atoms. The van der Waals surface area contributed by atoms with E-state index >= 15 is 0 Å². The van der Waals surface area contributed by atoms with E-state index in [1.807, 2.05) is 0 Å². The van der Waals surface area contributed by atoms with E-state index in [1.54, 1.807) is 0 Å². The highest BCUT2D eigenvalue weighted by molar-refractivity contribution is 7.40. The molecule has 0 unspecified atom stereocenters. The standard InChI is InChI=1S/C60H125O12P3/c1-4-7-10-13-16-19-22-25-28-31-34-37-40-43-46-49-52-59(71-74(66)67,53-50-47-44-41-38-35-32-29-26-23-20-17-14-11-8-5-2)60(72-75(68)69,58(70-73(64)65)57(63)56(62)55-61)54-51-48-45-42-39-36-33-30-27-24-21-18-15-12-9-6-3/h56-58,61-69H,4-55H2,1-3H3/t56-,57-,58+,60-/m1/s1. The van der Waals surface area contributed by atoms with Crippen LogP contribution in [-0.4, -0.2) is 80.8 Å². The summed E-state index contributed by atoms with van der Waals surface area (Å²) in [6.07, 6.45) is 50.3. The molecule has 0 amide bonds. The van der Waals surface area contributed by atoms with Crippen LogP contribution in [0, 0.1) is 0 Å². The molecule has 0 spiro atoms. The van der Waals surface area contributed by atoms with Crippen LogP contribution in [0.4, 0.5) is 0 Å². The Morgan fingerprint density at radius 3 is 0.747 bits per heavy atom. The summed E-state index contributed by atoms with van der Waals surface area (Å²) >= 11 is 0. The molecule has 0 aromatic rings. The van der Waals surface area contributed by atoms with Crippen LogP contribution in [0.15, 0.2) is 0 Å². The zero-order valence-corrected chi connectivity index (χ0v) is 51.8. The summed E-state index contributed by atoms with van der Waals surface area (Å²) in [6.45, 7) is 5.86. The quantitative estimate of drug-likeness (QED) is 0.0206. The first-order valence-electron chi connectivity index (χ1n) is 32.0. The molecule has 0 radical (unpaired) electrons. The molecule has 75 heavy (non-hydrogen) atoms. The van der Waals surface area contributed by atoms with Gasteiger partial charge in [-0.1, -0.05) is 329 Å². The molecule has 0 aliphatic rings. The number of unbranched alkanes of at least 4 members (excludes halogenated alkanes) is 45. The van der Waals surface area contributed by atoms with Gasteiger partial charge in [0.25, 0.3) is 0 Å². The Hall–Kier alpha value is 0.810. The molecular weight excluding hydrogens is 1010 g/mol. The molecule has 452 valence electrons. The van der Waals surface area contributed by atoms with Crippen molar-refractivity contribution >= 4 is 25.8 Å². The molecule has 12 nitrogen and oxygen atoms in total. The zero-order valence-electron chi connectivity index (χ0n) is 49.1. The van der Waals surface area contributed by atoms with E-state index in [2.05, 4.69) is 20.8 Å². The van der Waals surface area contributed by atoms with Gasteiger partial charge in [-0.3, -0.25) is 4.52 Å². The van der Waals surface area contributed by atoms with E-state index in [1.165, 1.54) is 205 Å². The number of hydrogen-bond acceptors (Lipinski definition) is 12. The third kappa shape index (κ3) is 42.3. The van der Waals surface area contributed by atoms with Crippen LogP contribution < -0.4 is 0 Å². The highest BCUT2D eigenvalue weighted by Crippen LogP contribution is 2.57. The largest absolute Gasteiger partial charge is 0.394 e. The normalized spacial score (nSPS) is 14.4. The van der Waals surface area contributed by atoms with Crippen molar-refractivity contribution in [2.75, 3.05) is 6.61 Å². The Morgan fingerprint density at radius 2 is 0.533 bits per heavy atom. The first-order valence-corrected chi connectivity index (χ1v) is 35.5. The Balaban J connectivity index is 6.12. The van der Waals surface area contributed by atoms with Crippen LogP contribution in [0.3, 0.4) is 0 Å². The van der Waals surface area contributed by atoms with E-state index in [9.17, 15) is 44.7 Å². The third-order valence-corrected chi connectivity index (χ3v) is 17.5. The molecule has 0 aromatic heterocycles. The number of hydrogen-bond donors (Lipinski definition) is 9. The monoisotopic (exact) mass is 1130 g/mol. The summed E-state index contributed by atoms with van der Waals surface area (Å²) in [5.41, 5.74) is -3.85. The topological polar surface area (TPSA) is 210 Å². The van der Waals surface area contributed by atoms with Crippen LogP contribution in [0.2, 0.25) is 0 Å². The van der Waals surface area contributed by atoms with Crippen molar-refractivity contribution in [1.82, 2.24) is 0 Å². The minimum atomic E-state index is -3.23. The van der Waals surface area contributed by atoms with Gasteiger partial charge in [0.2, 0.25) is 0 Å². The average Bonchev–Trinajstić information content (AvgIpc) is 3.38. The van der Waals surface area contributed by atoms with Crippen molar-refractivity contribution in [3.63, 3.8) is 0 Å². The number of aliphatic hydroxyl groups is 3. The number of rotatable bonds is 62. The smallest absolute Gasteiger partial charge is 0.327 e. The van der Waals surface area contributed by atoms with Crippen molar-refractivity contribution in [1.29, 1.82) is 0 Å². The molecule has 0 fully saturated rings. The van der Waals surface area contributed by atoms with Gasteiger partial charge in [-0.15, -0.1) is 0 Å². The van der Waals surface area contributed by atoms with E-state index in [0.29, 0.717) is 25.7 Å². The first kappa shape index (κ1) is 75.8. The van der Waals surface area contributed by atoms with Crippen molar-refractivity contribution in [3.8, 4) is 0 Å². The van der Waals surface area contributed by atoms with Gasteiger partial charge in [-0.2, -0.15) is 0 Å². The Kier molecular flexibility index (Phi) is 55.9. The molecule has 9 N–H and O–H groups in total. The van der Waals surface area contributed by atoms with Crippen LogP contribution >= 0.6 is 25.8 Å². The lowest BCUT2D eigenvalue weighted by atomic mass is 9.68. The van der Waals surface area contributed by atoms with Crippen LogP contribution in [0.25, 0.3) is 0 Å².